The maximum absolute atomic E-state index is 13.0. The summed E-state index contributed by atoms with van der Waals surface area (Å²) in [7, 11) is 0. The number of carbonyl (C=O) groups excluding carboxylic acids is 2. The molecule has 0 bridgehead atoms. The van der Waals surface area contributed by atoms with E-state index in [2.05, 4.69) is 10.5 Å². The molecule has 1 aliphatic heterocycles. The van der Waals surface area contributed by atoms with Crippen LogP contribution in [-0.2, 0) is 16.0 Å². The smallest absolute Gasteiger partial charge is 0.291 e. The van der Waals surface area contributed by atoms with Gasteiger partial charge in [0, 0.05) is 30.5 Å². The van der Waals surface area contributed by atoms with Gasteiger partial charge in [0.1, 0.15) is 17.0 Å². The van der Waals surface area contributed by atoms with Crippen LogP contribution in [0, 0.1) is 13.8 Å². The van der Waals surface area contributed by atoms with E-state index in [-0.39, 0.29) is 24.0 Å². The van der Waals surface area contributed by atoms with Crippen LogP contribution < -0.4 is 5.32 Å². The quantitative estimate of drug-likeness (QED) is 0.711. The Hall–Kier alpha value is -3.13. The van der Waals surface area contributed by atoms with Gasteiger partial charge in [-0.25, -0.2) is 0 Å². The number of para-hydroxylation sites is 1. The van der Waals surface area contributed by atoms with Gasteiger partial charge < -0.3 is 23.9 Å². The molecule has 0 saturated carbocycles. The number of aryl methyl sites for hydroxylation is 2. The van der Waals surface area contributed by atoms with Crippen LogP contribution in [0.25, 0.3) is 11.0 Å². The van der Waals surface area contributed by atoms with Crippen molar-refractivity contribution < 1.29 is 23.3 Å². The Bertz CT molecular complexity index is 1030. The van der Waals surface area contributed by atoms with Gasteiger partial charge in [-0.3, -0.25) is 9.59 Å². The van der Waals surface area contributed by atoms with E-state index < -0.39 is 0 Å². The number of hydrogen-bond acceptors (Lipinski definition) is 6. The van der Waals surface area contributed by atoms with Crippen molar-refractivity contribution in [2.24, 2.45) is 0 Å². The van der Waals surface area contributed by atoms with Gasteiger partial charge in [0.15, 0.2) is 0 Å². The zero-order valence-electron chi connectivity index (χ0n) is 16.5. The SMILES string of the molecule is Cc1noc(C)c1CCC(=O)Nc1c(C(=O)N2CCOCC2)oc2ccccc12. The summed E-state index contributed by atoms with van der Waals surface area (Å²) >= 11 is 0. The standard InChI is InChI=1S/C21H23N3O5/c1-13-15(14(2)29-23-13)7-8-18(25)22-19-16-5-3-4-6-17(16)28-20(19)21(26)24-9-11-27-12-10-24/h3-6H,7-12H2,1-2H3,(H,22,25). The van der Waals surface area contributed by atoms with Crippen LogP contribution in [0.15, 0.2) is 33.2 Å². The first-order valence-corrected chi connectivity index (χ1v) is 9.64. The second-order valence-electron chi connectivity index (χ2n) is 7.06. The number of carbonyl (C=O) groups is 2. The van der Waals surface area contributed by atoms with Crippen molar-refractivity contribution in [2.75, 3.05) is 31.6 Å². The molecule has 0 aliphatic carbocycles. The predicted molar refractivity (Wildman–Crippen MR) is 106 cm³/mol. The van der Waals surface area contributed by atoms with Crippen LogP contribution in [0.5, 0.6) is 0 Å². The van der Waals surface area contributed by atoms with Gasteiger partial charge in [0.05, 0.1) is 18.9 Å². The third kappa shape index (κ3) is 3.88. The molecule has 29 heavy (non-hydrogen) atoms. The van der Waals surface area contributed by atoms with E-state index in [1.54, 1.807) is 11.0 Å². The van der Waals surface area contributed by atoms with Crippen LogP contribution in [0.4, 0.5) is 5.69 Å². The van der Waals surface area contributed by atoms with Crippen LogP contribution in [0.2, 0.25) is 0 Å². The normalized spacial score (nSPS) is 14.3. The van der Waals surface area contributed by atoms with E-state index in [1.807, 2.05) is 32.0 Å². The molecule has 0 spiro atoms. The van der Waals surface area contributed by atoms with Gasteiger partial charge in [0.2, 0.25) is 11.7 Å². The fourth-order valence-corrected chi connectivity index (χ4v) is 3.53. The molecule has 1 aliphatic rings. The van der Waals surface area contributed by atoms with Gasteiger partial charge in [-0.05, 0) is 32.4 Å². The van der Waals surface area contributed by atoms with Gasteiger partial charge in [0.25, 0.3) is 5.91 Å². The second-order valence-corrected chi connectivity index (χ2v) is 7.06. The minimum Gasteiger partial charge on any atom is -0.449 e. The summed E-state index contributed by atoms with van der Waals surface area (Å²) in [6.45, 7) is 5.66. The van der Waals surface area contributed by atoms with Crippen molar-refractivity contribution >= 4 is 28.5 Å². The Kier molecular flexibility index (Phi) is 5.35. The highest BCUT2D eigenvalue weighted by Crippen LogP contribution is 2.32. The Morgan fingerprint density at radius 2 is 1.93 bits per heavy atom. The zero-order valence-corrected chi connectivity index (χ0v) is 16.5. The molecule has 1 saturated heterocycles. The summed E-state index contributed by atoms with van der Waals surface area (Å²) in [4.78, 5) is 27.4. The van der Waals surface area contributed by atoms with Gasteiger partial charge in [-0.2, -0.15) is 0 Å². The Labute approximate surface area is 167 Å². The number of nitrogens with zero attached hydrogens (tertiary/aromatic N) is 2. The summed E-state index contributed by atoms with van der Waals surface area (Å²) in [5.41, 5.74) is 2.69. The highest BCUT2D eigenvalue weighted by molar-refractivity contribution is 6.10. The van der Waals surface area contributed by atoms with Crippen molar-refractivity contribution in [1.29, 1.82) is 0 Å². The van der Waals surface area contributed by atoms with Gasteiger partial charge >= 0.3 is 0 Å². The molecule has 2 amide bonds. The topological polar surface area (TPSA) is 97.8 Å². The molecule has 1 fully saturated rings. The fourth-order valence-electron chi connectivity index (χ4n) is 3.53. The fraction of sp³-hybridized carbons (Fsp3) is 0.381. The number of fused-ring (bicyclic) bond motifs is 1. The largest absolute Gasteiger partial charge is 0.449 e. The number of furan rings is 1. The Balaban J connectivity index is 1.56. The number of morpholine rings is 1. The maximum atomic E-state index is 13.0. The Morgan fingerprint density at radius 1 is 1.17 bits per heavy atom. The highest BCUT2D eigenvalue weighted by atomic mass is 16.5. The summed E-state index contributed by atoms with van der Waals surface area (Å²) in [6.07, 6.45) is 0.753. The number of anilines is 1. The molecule has 3 aromatic rings. The molecule has 3 heterocycles. The first-order valence-electron chi connectivity index (χ1n) is 9.64. The van der Waals surface area contributed by atoms with Crippen molar-refractivity contribution in [3.8, 4) is 0 Å². The first-order chi connectivity index (χ1) is 14.0. The van der Waals surface area contributed by atoms with E-state index in [4.69, 9.17) is 13.7 Å². The third-order valence-electron chi connectivity index (χ3n) is 5.14. The average molecular weight is 397 g/mol. The average Bonchev–Trinajstić information content (AvgIpc) is 3.26. The molecule has 1 N–H and O–H groups in total. The Morgan fingerprint density at radius 3 is 2.66 bits per heavy atom. The van der Waals surface area contributed by atoms with Crippen LogP contribution >= 0.6 is 0 Å². The van der Waals surface area contributed by atoms with Crippen molar-refractivity contribution in [1.82, 2.24) is 10.1 Å². The molecule has 0 radical (unpaired) electrons. The van der Waals surface area contributed by atoms with E-state index in [0.717, 1.165) is 11.3 Å². The second kappa shape index (κ2) is 8.08. The molecule has 4 rings (SSSR count). The van der Waals surface area contributed by atoms with E-state index in [9.17, 15) is 9.59 Å². The van der Waals surface area contributed by atoms with Crippen molar-refractivity contribution in [2.45, 2.75) is 26.7 Å². The number of nitrogens with one attached hydrogen (secondary N) is 1. The molecule has 8 heteroatoms. The van der Waals surface area contributed by atoms with E-state index in [0.29, 0.717) is 55.1 Å². The minimum atomic E-state index is -0.245. The minimum absolute atomic E-state index is 0.152. The molecular weight excluding hydrogens is 374 g/mol. The summed E-state index contributed by atoms with van der Waals surface area (Å²) in [5.74, 6) is 0.420. The summed E-state index contributed by atoms with van der Waals surface area (Å²) in [6, 6.07) is 7.29. The number of aromatic nitrogens is 1. The lowest BCUT2D eigenvalue weighted by Crippen LogP contribution is -2.40. The predicted octanol–water partition coefficient (Wildman–Crippen LogP) is 3.08. The van der Waals surface area contributed by atoms with Crippen LogP contribution in [0.1, 0.15) is 34.0 Å². The lowest BCUT2D eigenvalue weighted by molar-refractivity contribution is -0.116. The number of hydrogen-bond donors (Lipinski definition) is 1. The number of ether oxygens (including phenoxy) is 1. The molecule has 0 unspecified atom stereocenters. The first kappa shape index (κ1) is 19.2. The van der Waals surface area contributed by atoms with Gasteiger partial charge in [-0.15, -0.1) is 0 Å². The monoisotopic (exact) mass is 397 g/mol. The molecule has 1 aromatic carbocycles. The molecule has 152 valence electrons. The summed E-state index contributed by atoms with van der Waals surface area (Å²) < 4.78 is 16.3. The lowest BCUT2D eigenvalue weighted by atomic mass is 10.1. The summed E-state index contributed by atoms with van der Waals surface area (Å²) in [5, 5.41) is 7.51. The van der Waals surface area contributed by atoms with Crippen molar-refractivity contribution in [3.05, 3.63) is 47.0 Å². The van der Waals surface area contributed by atoms with Gasteiger partial charge in [-0.1, -0.05) is 17.3 Å². The number of rotatable bonds is 5. The van der Waals surface area contributed by atoms with Crippen LogP contribution in [0.3, 0.4) is 0 Å². The molecule has 0 atom stereocenters. The highest BCUT2D eigenvalue weighted by Gasteiger charge is 2.27. The number of amides is 2. The molecular formula is C21H23N3O5. The molecule has 2 aromatic heterocycles. The maximum Gasteiger partial charge on any atom is 0.291 e. The van der Waals surface area contributed by atoms with Crippen LogP contribution in [-0.4, -0.2) is 48.2 Å². The number of benzene rings is 1. The van der Waals surface area contributed by atoms with E-state index in [1.165, 1.54) is 0 Å². The molecule has 8 nitrogen and oxygen atoms in total. The lowest BCUT2D eigenvalue weighted by Gasteiger charge is -2.26. The van der Waals surface area contributed by atoms with Crippen molar-refractivity contribution in [3.63, 3.8) is 0 Å². The third-order valence-corrected chi connectivity index (χ3v) is 5.14. The van der Waals surface area contributed by atoms with E-state index >= 15 is 0 Å². The zero-order chi connectivity index (χ0) is 20.4.